The Kier molecular flexibility index (Phi) is 2.30. The van der Waals surface area contributed by atoms with Crippen molar-refractivity contribution in [2.45, 2.75) is 25.9 Å². The molecule has 2 heteroatoms. The second-order valence-electron chi connectivity index (χ2n) is 2.39. The van der Waals surface area contributed by atoms with Crippen molar-refractivity contribution in [2.24, 2.45) is 0 Å². The Morgan fingerprint density at radius 2 is 2.33 bits per heavy atom. The Morgan fingerprint density at radius 3 is 2.56 bits per heavy atom. The van der Waals surface area contributed by atoms with Crippen molar-refractivity contribution in [2.75, 3.05) is 7.11 Å². The van der Waals surface area contributed by atoms with Gasteiger partial charge in [0.25, 0.3) is 0 Å². The number of halogens is 1. The first-order valence-corrected chi connectivity index (χ1v) is 3.93. The molecule has 52 valence electrons. The fraction of sp³-hybridized carbons (Fsp3) is 0.714. The van der Waals surface area contributed by atoms with Gasteiger partial charge in [0.05, 0.1) is 6.10 Å². The summed E-state index contributed by atoms with van der Waals surface area (Å²) in [6.07, 6.45) is 2.66. The number of rotatable bonds is 1. The molecule has 0 heterocycles. The summed E-state index contributed by atoms with van der Waals surface area (Å²) in [5.74, 6) is 0. The van der Waals surface area contributed by atoms with Gasteiger partial charge in [-0.25, -0.2) is 0 Å². The summed E-state index contributed by atoms with van der Waals surface area (Å²) in [5.41, 5.74) is 1.43. The van der Waals surface area contributed by atoms with E-state index in [1.165, 1.54) is 16.5 Å². The molecule has 0 saturated heterocycles. The molecule has 1 aliphatic carbocycles. The number of allylic oxidation sites excluding steroid dienone is 1. The SMILES string of the molecule is CO[C@@H]1CCC(C)=C1Br. The summed E-state index contributed by atoms with van der Waals surface area (Å²) < 4.78 is 6.44. The molecule has 0 amide bonds. The zero-order valence-corrected chi connectivity index (χ0v) is 7.36. The topological polar surface area (TPSA) is 9.23 Å². The summed E-state index contributed by atoms with van der Waals surface area (Å²) >= 11 is 3.48. The zero-order chi connectivity index (χ0) is 6.85. The quantitative estimate of drug-likeness (QED) is 0.618. The molecule has 9 heavy (non-hydrogen) atoms. The normalized spacial score (nSPS) is 27.7. The predicted molar refractivity (Wildman–Crippen MR) is 41.7 cm³/mol. The van der Waals surface area contributed by atoms with Crippen molar-refractivity contribution in [1.82, 2.24) is 0 Å². The molecule has 1 aliphatic rings. The van der Waals surface area contributed by atoms with Crippen LogP contribution >= 0.6 is 15.9 Å². The second-order valence-corrected chi connectivity index (χ2v) is 3.25. The van der Waals surface area contributed by atoms with Crippen molar-refractivity contribution < 1.29 is 4.74 Å². The van der Waals surface area contributed by atoms with E-state index in [-0.39, 0.29) is 0 Å². The highest BCUT2D eigenvalue weighted by molar-refractivity contribution is 9.11. The third kappa shape index (κ3) is 1.36. The molecule has 0 aromatic heterocycles. The van der Waals surface area contributed by atoms with Crippen molar-refractivity contribution >= 4 is 15.9 Å². The smallest absolute Gasteiger partial charge is 0.0888 e. The molecular formula is C7H11BrO. The van der Waals surface area contributed by atoms with E-state index in [0.717, 1.165) is 6.42 Å². The lowest BCUT2D eigenvalue weighted by molar-refractivity contribution is 0.139. The lowest BCUT2D eigenvalue weighted by Crippen LogP contribution is -2.04. The molecule has 0 aromatic carbocycles. The van der Waals surface area contributed by atoms with Crippen LogP contribution in [0.1, 0.15) is 19.8 Å². The van der Waals surface area contributed by atoms with Crippen LogP contribution < -0.4 is 0 Å². The van der Waals surface area contributed by atoms with Gasteiger partial charge in [-0.3, -0.25) is 0 Å². The molecule has 1 nitrogen and oxygen atoms in total. The highest BCUT2D eigenvalue weighted by Crippen LogP contribution is 2.31. The molecule has 0 N–H and O–H groups in total. The zero-order valence-electron chi connectivity index (χ0n) is 5.78. The van der Waals surface area contributed by atoms with Crippen LogP contribution in [0.25, 0.3) is 0 Å². The standard InChI is InChI=1S/C7H11BrO/c1-5-3-4-6(9-2)7(5)8/h6H,3-4H2,1-2H3/t6-/m1/s1. The van der Waals surface area contributed by atoms with Gasteiger partial charge in [0.1, 0.15) is 0 Å². The number of ether oxygens (including phenoxy) is 1. The number of hydrogen-bond donors (Lipinski definition) is 0. The second kappa shape index (κ2) is 2.84. The average molecular weight is 191 g/mol. The third-order valence-electron chi connectivity index (χ3n) is 1.76. The van der Waals surface area contributed by atoms with E-state index in [2.05, 4.69) is 22.9 Å². The summed E-state index contributed by atoms with van der Waals surface area (Å²) in [7, 11) is 1.75. The van der Waals surface area contributed by atoms with Gasteiger partial charge in [-0.15, -0.1) is 0 Å². The van der Waals surface area contributed by atoms with E-state index < -0.39 is 0 Å². The average Bonchev–Trinajstić information content (AvgIpc) is 2.15. The summed E-state index contributed by atoms with van der Waals surface area (Å²) in [4.78, 5) is 0. The van der Waals surface area contributed by atoms with Crippen molar-refractivity contribution in [3.8, 4) is 0 Å². The minimum atomic E-state index is 0.338. The largest absolute Gasteiger partial charge is 0.376 e. The maximum Gasteiger partial charge on any atom is 0.0888 e. The van der Waals surface area contributed by atoms with Crippen LogP contribution in [0.3, 0.4) is 0 Å². The van der Waals surface area contributed by atoms with Gasteiger partial charge in [0, 0.05) is 11.6 Å². The van der Waals surface area contributed by atoms with Gasteiger partial charge in [-0.1, -0.05) is 21.5 Å². The molecule has 0 unspecified atom stereocenters. The molecule has 0 radical (unpaired) electrons. The van der Waals surface area contributed by atoms with Crippen LogP contribution in [0.2, 0.25) is 0 Å². The first-order valence-electron chi connectivity index (χ1n) is 3.13. The van der Waals surface area contributed by atoms with E-state index in [0.29, 0.717) is 6.10 Å². The van der Waals surface area contributed by atoms with Gasteiger partial charge in [0.15, 0.2) is 0 Å². The van der Waals surface area contributed by atoms with Gasteiger partial charge >= 0.3 is 0 Å². The van der Waals surface area contributed by atoms with Gasteiger partial charge < -0.3 is 4.74 Å². The Balaban J connectivity index is 2.63. The molecular weight excluding hydrogens is 180 g/mol. The van der Waals surface area contributed by atoms with Gasteiger partial charge in [0.2, 0.25) is 0 Å². The van der Waals surface area contributed by atoms with Crippen LogP contribution in [0.5, 0.6) is 0 Å². The lowest BCUT2D eigenvalue weighted by atomic mass is 10.3. The lowest BCUT2D eigenvalue weighted by Gasteiger charge is -2.05. The first-order chi connectivity index (χ1) is 4.25. The Labute approximate surface area is 64.2 Å². The van der Waals surface area contributed by atoms with E-state index >= 15 is 0 Å². The van der Waals surface area contributed by atoms with Gasteiger partial charge in [-0.05, 0) is 19.8 Å². The fourth-order valence-corrected chi connectivity index (χ4v) is 1.70. The van der Waals surface area contributed by atoms with Crippen molar-refractivity contribution in [1.29, 1.82) is 0 Å². The Bertz CT molecular complexity index is 140. The summed E-state index contributed by atoms with van der Waals surface area (Å²) in [5, 5.41) is 0. The molecule has 0 spiro atoms. The maximum atomic E-state index is 5.19. The van der Waals surface area contributed by atoms with Crippen LogP contribution in [0, 0.1) is 0 Å². The van der Waals surface area contributed by atoms with E-state index in [4.69, 9.17) is 4.74 Å². The minimum Gasteiger partial charge on any atom is -0.376 e. The highest BCUT2D eigenvalue weighted by Gasteiger charge is 2.19. The molecule has 0 saturated carbocycles. The number of hydrogen-bond acceptors (Lipinski definition) is 1. The molecule has 1 rings (SSSR count). The summed E-state index contributed by atoms with van der Waals surface area (Å²) in [6.45, 7) is 2.14. The molecule has 0 bridgehead atoms. The molecule has 0 aromatic rings. The van der Waals surface area contributed by atoms with E-state index in [1.807, 2.05) is 0 Å². The predicted octanol–water partition coefficient (Wildman–Crippen LogP) is 2.46. The first kappa shape index (κ1) is 7.29. The summed E-state index contributed by atoms with van der Waals surface area (Å²) in [6, 6.07) is 0. The van der Waals surface area contributed by atoms with Crippen molar-refractivity contribution in [3.05, 3.63) is 10.1 Å². The third-order valence-corrected chi connectivity index (χ3v) is 2.94. The van der Waals surface area contributed by atoms with Crippen LogP contribution in [-0.4, -0.2) is 13.2 Å². The number of methoxy groups -OCH3 is 1. The van der Waals surface area contributed by atoms with Crippen LogP contribution in [-0.2, 0) is 4.74 Å². The van der Waals surface area contributed by atoms with E-state index in [1.54, 1.807) is 7.11 Å². The monoisotopic (exact) mass is 190 g/mol. The van der Waals surface area contributed by atoms with Gasteiger partial charge in [-0.2, -0.15) is 0 Å². The molecule has 0 aliphatic heterocycles. The van der Waals surface area contributed by atoms with Crippen LogP contribution in [0.15, 0.2) is 10.1 Å². The molecule has 1 atom stereocenters. The fourth-order valence-electron chi connectivity index (χ4n) is 1.09. The van der Waals surface area contributed by atoms with E-state index in [9.17, 15) is 0 Å². The highest BCUT2D eigenvalue weighted by atomic mass is 79.9. The van der Waals surface area contributed by atoms with Crippen LogP contribution in [0.4, 0.5) is 0 Å². The Hall–Kier alpha value is 0.180. The maximum absolute atomic E-state index is 5.19. The van der Waals surface area contributed by atoms with Crippen molar-refractivity contribution in [3.63, 3.8) is 0 Å². The molecule has 0 fully saturated rings. The Morgan fingerprint density at radius 1 is 1.67 bits per heavy atom. The minimum absolute atomic E-state index is 0.338.